The topological polar surface area (TPSA) is 68.3 Å². The number of nitrogens with two attached hydrogens (primary N) is 1. The number of hydrogen-bond acceptors (Lipinski definition) is 3. The number of amides is 1. The van der Waals surface area contributed by atoms with Crippen LogP contribution in [0.4, 0.5) is 5.69 Å². The molecule has 1 fully saturated rings. The molecule has 112 valence electrons. The molecule has 3 unspecified atom stereocenters. The average molecular weight is 286 g/mol. The molecule has 0 bridgehead atoms. The first-order valence-electron chi connectivity index (χ1n) is 7.68. The van der Waals surface area contributed by atoms with E-state index in [1.807, 2.05) is 6.07 Å². The Hall–Kier alpha value is -1.97. The molecule has 0 aliphatic heterocycles. The van der Waals surface area contributed by atoms with E-state index in [0.29, 0.717) is 28.9 Å². The minimum absolute atomic E-state index is 0.127. The Balaban J connectivity index is 1.75. The lowest BCUT2D eigenvalue weighted by Gasteiger charge is -2.20. The number of nitrogen functional groups attached to an aromatic ring is 1. The molecule has 1 aliphatic rings. The van der Waals surface area contributed by atoms with Crippen LogP contribution in [0.15, 0.2) is 28.7 Å². The van der Waals surface area contributed by atoms with E-state index in [4.69, 9.17) is 10.2 Å². The number of carbonyl (C=O) groups excluding carboxylic acids is 1. The zero-order valence-electron chi connectivity index (χ0n) is 12.6. The summed E-state index contributed by atoms with van der Waals surface area (Å²) in [6.45, 7) is 4.44. The highest BCUT2D eigenvalue weighted by Crippen LogP contribution is 2.34. The third-order valence-corrected chi connectivity index (χ3v) is 4.83. The van der Waals surface area contributed by atoms with Gasteiger partial charge in [0.15, 0.2) is 5.76 Å². The van der Waals surface area contributed by atoms with Gasteiger partial charge in [0.2, 0.25) is 0 Å². The summed E-state index contributed by atoms with van der Waals surface area (Å²) in [5.74, 6) is 1.48. The van der Waals surface area contributed by atoms with Crippen LogP contribution in [-0.2, 0) is 0 Å². The summed E-state index contributed by atoms with van der Waals surface area (Å²) in [4.78, 5) is 12.4. The van der Waals surface area contributed by atoms with Crippen LogP contribution in [0.1, 0.15) is 43.7 Å². The third kappa shape index (κ3) is 2.62. The lowest BCUT2D eigenvalue weighted by atomic mass is 9.93. The Morgan fingerprint density at radius 1 is 1.38 bits per heavy atom. The summed E-state index contributed by atoms with van der Waals surface area (Å²) in [7, 11) is 0. The Morgan fingerprint density at radius 3 is 2.90 bits per heavy atom. The molecule has 4 heteroatoms. The zero-order valence-corrected chi connectivity index (χ0v) is 12.6. The van der Waals surface area contributed by atoms with E-state index >= 15 is 0 Å². The normalized spacial score (nSPS) is 25.3. The van der Waals surface area contributed by atoms with Crippen LogP contribution in [0.2, 0.25) is 0 Å². The van der Waals surface area contributed by atoms with Crippen LogP contribution < -0.4 is 11.1 Å². The molecule has 0 spiro atoms. The molecular formula is C17H22N2O2. The number of anilines is 1. The number of carbonyl (C=O) groups is 1. The molecular weight excluding hydrogens is 264 g/mol. The molecule has 0 radical (unpaired) electrons. The van der Waals surface area contributed by atoms with Crippen LogP contribution >= 0.6 is 0 Å². The summed E-state index contributed by atoms with van der Waals surface area (Å²) in [5, 5.41) is 3.99. The van der Waals surface area contributed by atoms with Crippen molar-refractivity contribution in [3.63, 3.8) is 0 Å². The van der Waals surface area contributed by atoms with Gasteiger partial charge in [-0.1, -0.05) is 20.3 Å². The first-order chi connectivity index (χ1) is 10.1. The smallest absolute Gasteiger partial charge is 0.287 e. The van der Waals surface area contributed by atoms with Gasteiger partial charge in [-0.2, -0.15) is 0 Å². The molecule has 1 heterocycles. The van der Waals surface area contributed by atoms with Crippen LogP contribution in [0.5, 0.6) is 0 Å². The van der Waals surface area contributed by atoms with Crippen LogP contribution in [0.3, 0.4) is 0 Å². The molecule has 1 aromatic carbocycles. The van der Waals surface area contributed by atoms with Crippen LogP contribution in [0.25, 0.3) is 11.0 Å². The number of nitrogens with one attached hydrogen (secondary N) is 1. The average Bonchev–Trinajstić information content (AvgIpc) is 3.03. The van der Waals surface area contributed by atoms with Crippen molar-refractivity contribution < 1.29 is 9.21 Å². The van der Waals surface area contributed by atoms with Gasteiger partial charge in [-0.15, -0.1) is 0 Å². The second kappa shape index (κ2) is 5.43. The summed E-state index contributed by atoms with van der Waals surface area (Å²) < 4.78 is 5.62. The number of hydrogen-bond donors (Lipinski definition) is 2. The van der Waals surface area contributed by atoms with Gasteiger partial charge in [0.05, 0.1) is 0 Å². The van der Waals surface area contributed by atoms with Crippen molar-refractivity contribution in [2.45, 2.75) is 39.2 Å². The molecule has 2 aromatic rings. The summed E-state index contributed by atoms with van der Waals surface area (Å²) in [6, 6.07) is 7.41. The second-order valence-corrected chi connectivity index (χ2v) is 6.09. The summed E-state index contributed by atoms with van der Waals surface area (Å²) in [5.41, 5.74) is 7.11. The molecule has 3 N–H and O–H groups in total. The minimum atomic E-state index is -0.127. The van der Waals surface area contributed by atoms with E-state index in [1.165, 1.54) is 12.8 Å². The Bertz CT molecular complexity index is 662. The maximum absolute atomic E-state index is 12.4. The van der Waals surface area contributed by atoms with Gasteiger partial charge in [0, 0.05) is 17.1 Å². The van der Waals surface area contributed by atoms with Gasteiger partial charge in [-0.25, -0.2) is 0 Å². The lowest BCUT2D eigenvalue weighted by Crippen LogP contribution is -2.37. The summed E-state index contributed by atoms with van der Waals surface area (Å²) in [6.07, 6.45) is 3.43. The van der Waals surface area contributed by atoms with E-state index in [-0.39, 0.29) is 11.9 Å². The van der Waals surface area contributed by atoms with Crippen molar-refractivity contribution in [1.82, 2.24) is 5.32 Å². The van der Waals surface area contributed by atoms with E-state index in [9.17, 15) is 4.79 Å². The van der Waals surface area contributed by atoms with E-state index in [0.717, 1.165) is 11.8 Å². The highest BCUT2D eigenvalue weighted by atomic mass is 16.3. The highest BCUT2D eigenvalue weighted by molar-refractivity contribution is 5.96. The fourth-order valence-corrected chi connectivity index (χ4v) is 3.44. The van der Waals surface area contributed by atoms with Gasteiger partial charge >= 0.3 is 0 Å². The zero-order chi connectivity index (χ0) is 15.0. The maximum atomic E-state index is 12.4. The van der Waals surface area contributed by atoms with Gasteiger partial charge in [0.1, 0.15) is 5.58 Å². The van der Waals surface area contributed by atoms with Crippen molar-refractivity contribution in [2.24, 2.45) is 11.8 Å². The maximum Gasteiger partial charge on any atom is 0.287 e. The van der Waals surface area contributed by atoms with Crippen molar-refractivity contribution in [2.75, 3.05) is 5.73 Å². The predicted octanol–water partition coefficient (Wildman–Crippen LogP) is 3.57. The number of fused-ring (bicyclic) bond motifs is 1. The van der Waals surface area contributed by atoms with E-state index in [1.54, 1.807) is 18.2 Å². The van der Waals surface area contributed by atoms with Gasteiger partial charge in [-0.05, 0) is 48.9 Å². The Kier molecular flexibility index (Phi) is 3.62. The third-order valence-electron chi connectivity index (χ3n) is 4.83. The van der Waals surface area contributed by atoms with Crippen LogP contribution in [-0.4, -0.2) is 11.9 Å². The summed E-state index contributed by atoms with van der Waals surface area (Å²) >= 11 is 0. The molecule has 4 nitrogen and oxygen atoms in total. The van der Waals surface area contributed by atoms with Crippen molar-refractivity contribution >= 4 is 22.6 Å². The number of furan rings is 1. The van der Waals surface area contributed by atoms with Gasteiger partial charge < -0.3 is 15.5 Å². The Morgan fingerprint density at radius 2 is 2.19 bits per heavy atom. The molecule has 3 rings (SSSR count). The molecule has 1 aliphatic carbocycles. The minimum Gasteiger partial charge on any atom is -0.451 e. The van der Waals surface area contributed by atoms with E-state index < -0.39 is 0 Å². The molecule has 21 heavy (non-hydrogen) atoms. The van der Waals surface area contributed by atoms with E-state index in [2.05, 4.69) is 19.2 Å². The fourth-order valence-electron chi connectivity index (χ4n) is 3.44. The van der Waals surface area contributed by atoms with Gasteiger partial charge in [0.25, 0.3) is 5.91 Å². The SMILES string of the molecule is CCC1CCC(NC(=O)c2cc3cc(N)ccc3o2)C1C. The first kappa shape index (κ1) is 14.0. The number of rotatable bonds is 3. The van der Waals surface area contributed by atoms with Crippen molar-refractivity contribution in [3.05, 3.63) is 30.0 Å². The van der Waals surface area contributed by atoms with Crippen LogP contribution in [0, 0.1) is 11.8 Å². The molecule has 1 amide bonds. The predicted molar refractivity (Wildman–Crippen MR) is 84.1 cm³/mol. The molecule has 1 aromatic heterocycles. The second-order valence-electron chi connectivity index (χ2n) is 6.09. The molecule has 1 saturated carbocycles. The Labute approximate surface area is 124 Å². The highest BCUT2D eigenvalue weighted by Gasteiger charge is 2.33. The molecule has 0 saturated heterocycles. The first-order valence-corrected chi connectivity index (χ1v) is 7.68. The number of benzene rings is 1. The van der Waals surface area contributed by atoms with Gasteiger partial charge in [-0.3, -0.25) is 4.79 Å². The molecule has 3 atom stereocenters. The van der Waals surface area contributed by atoms with Crippen molar-refractivity contribution in [1.29, 1.82) is 0 Å². The largest absolute Gasteiger partial charge is 0.451 e. The lowest BCUT2D eigenvalue weighted by molar-refractivity contribution is 0.0900. The fraction of sp³-hybridized carbons (Fsp3) is 0.471. The monoisotopic (exact) mass is 286 g/mol. The quantitative estimate of drug-likeness (QED) is 0.847. The standard InChI is InChI=1S/C17H22N2O2/c1-3-11-4-6-14(10(11)2)19-17(20)16-9-12-8-13(18)5-7-15(12)21-16/h5,7-11,14H,3-4,6,18H2,1-2H3,(H,19,20). The van der Waals surface area contributed by atoms with Crippen molar-refractivity contribution in [3.8, 4) is 0 Å².